The molecule has 0 bridgehead atoms. The van der Waals surface area contributed by atoms with Crippen molar-refractivity contribution in [1.29, 1.82) is 0 Å². The lowest BCUT2D eigenvalue weighted by atomic mass is 10.2. The normalized spacial score (nSPS) is 21.8. The predicted molar refractivity (Wildman–Crippen MR) is 84.7 cm³/mol. The molecule has 1 fully saturated rings. The molecule has 0 saturated carbocycles. The molecule has 2 rings (SSSR count). The van der Waals surface area contributed by atoms with E-state index in [4.69, 9.17) is 9.47 Å². The molecule has 1 aromatic rings. The fourth-order valence-electron chi connectivity index (χ4n) is 2.50. The van der Waals surface area contributed by atoms with Crippen molar-refractivity contribution in [3.8, 4) is 0 Å². The van der Waals surface area contributed by atoms with Gasteiger partial charge in [-0.25, -0.2) is 0 Å². The van der Waals surface area contributed by atoms with Crippen LogP contribution in [0.3, 0.4) is 0 Å². The monoisotopic (exact) mass is 314 g/mol. The molecule has 2 unspecified atom stereocenters. The van der Waals surface area contributed by atoms with Crippen molar-refractivity contribution < 1.29 is 14.6 Å². The van der Waals surface area contributed by atoms with Crippen LogP contribution in [0.4, 0.5) is 0 Å². The predicted octanol–water partition coefficient (Wildman–Crippen LogP) is 0.888. The van der Waals surface area contributed by atoms with Gasteiger partial charge in [0.1, 0.15) is 0 Å². The number of nitrogens with zero attached hydrogens (tertiary/aromatic N) is 2. The summed E-state index contributed by atoms with van der Waals surface area (Å²) in [4.78, 5) is 5.59. The number of β-amino-alcohol motifs (C(OH)–C–C–N with tert-alkyl or cyclic N) is 1. The summed E-state index contributed by atoms with van der Waals surface area (Å²) in [6.45, 7) is 5.03. The van der Waals surface area contributed by atoms with Crippen molar-refractivity contribution in [2.75, 3.05) is 53.5 Å². The minimum atomic E-state index is -0.442. The highest BCUT2D eigenvalue weighted by Gasteiger charge is 2.22. The summed E-state index contributed by atoms with van der Waals surface area (Å²) in [7, 11) is 4.10. The smallest absolute Gasteiger partial charge is 0.0900 e. The van der Waals surface area contributed by atoms with E-state index in [0.29, 0.717) is 19.8 Å². The number of thiophene rings is 1. The minimum Gasteiger partial charge on any atom is -0.389 e. The van der Waals surface area contributed by atoms with Gasteiger partial charge in [-0.1, -0.05) is 6.07 Å². The molecule has 1 aliphatic heterocycles. The molecule has 5 nitrogen and oxygen atoms in total. The first-order valence-electron chi connectivity index (χ1n) is 7.40. The van der Waals surface area contributed by atoms with E-state index in [9.17, 15) is 5.11 Å². The maximum atomic E-state index is 10.1. The van der Waals surface area contributed by atoms with Crippen molar-refractivity contribution in [3.05, 3.63) is 22.4 Å². The second-order valence-corrected chi connectivity index (χ2v) is 6.80. The van der Waals surface area contributed by atoms with E-state index < -0.39 is 6.10 Å². The van der Waals surface area contributed by atoms with Crippen LogP contribution in [0, 0.1) is 0 Å². The van der Waals surface area contributed by atoms with Gasteiger partial charge in [0, 0.05) is 31.1 Å². The van der Waals surface area contributed by atoms with Gasteiger partial charge in [0.15, 0.2) is 0 Å². The first-order chi connectivity index (χ1) is 10.1. The van der Waals surface area contributed by atoms with Crippen LogP contribution in [0.5, 0.6) is 0 Å². The van der Waals surface area contributed by atoms with E-state index in [1.54, 1.807) is 11.3 Å². The van der Waals surface area contributed by atoms with Gasteiger partial charge in [-0.3, -0.25) is 4.90 Å². The molecule has 0 radical (unpaired) electrons. The highest BCUT2D eigenvalue weighted by Crippen LogP contribution is 2.10. The summed E-state index contributed by atoms with van der Waals surface area (Å²) in [6.07, 6.45) is -0.212. The van der Waals surface area contributed by atoms with E-state index in [1.165, 1.54) is 4.88 Å². The second kappa shape index (κ2) is 8.82. The number of rotatable bonds is 8. The Morgan fingerprint density at radius 2 is 2.43 bits per heavy atom. The summed E-state index contributed by atoms with van der Waals surface area (Å²) in [5.41, 5.74) is 0. The van der Waals surface area contributed by atoms with Crippen LogP contribution in [0.2, 0.25) is 0 Å². The summed E-state index contributed by atoms with van der Waals surface area (Å²) < 4.78 is 11.3. The number of morpholine rings is 1. The van der Waals surface area contributed by atoms with Gasteiger partial charge in [-0.2, -0.15) is 0 Å². The SMILES string of the molecule is CN(C)CC1CN(CC(O)COCc2cccs2)CCO1. The molecule has 2 heterocycles. The van der Waals surface area contributed by atoms with Crippen molar-refractivity contribution in [2.24, 2.45) is 0 Å². The maximum absolute atomic E-state index is 10.1. The Morgan fingerprint density at radius 1 is 1.57 bits per heavy atom. The number of aliphatic hydroxyl groups is 1. The number of likely N-dealkylation sites (N-methyl/N-ethyl adjacent to an activating group) is 1. The van der Waals surface area contributed by atoms with Gasteiger partial charge in [0.05, 0.1) is 32.0 Å². The second-order valence-electron chi connectivity index (χ2n) is 5.76. The summed E-state index contributed by atoms with van der Waals surface area (Å²) in [6, 6.07) is 4.06. The van der Waals surface area contributed by atoms with Crippen molar-refractivity contribution >= 4 is 11.3 Å². The Bertz CT molecular complexity index is 386. The van der Waals surface area contributed by atoms with E-state index in [1.807, 2.05) is 17.5 Å². The Hall–Kier alpha value is -0.500. The van der Waals surface area contributed by atoms with Crippen LogP contribution in [0.25, 0.3) is 0 Å². The molecule has 6 heteroatoms. The molecular weight excluding hydrogens is 288 g/mol. The summed E-state index contributed by atoms with van der Waals surface area (Å²) in [5.74, 6) is 0. The summed E-state index contributed by atoms with van der Waals surface area (Å²) in [5, 5.41) is 12.1. The average Bonchev–Trinajstić information content (AvgIpc) is 2.91. The lowest BCUT2D eigenvalue weighted by Gasteiger charge is -2.35. The highest BCUT2D eigenvalue weighted by molar-refractivity contribution is 7.09. The van der Waals surface area contributed by atoms with Gasteiger partial charge in [-0.15, -0.1) is 11.3 Å². The molecule has 0 aromatic carbocycles. The molecular formula is C15H26N2O3S. The average molecular weight is 314 g/mol. The number of hydrogen-bond acceptors (Lipinski definition) is 6. The molecule has 1 N–H and O–H groups in total. The van der Waals surface area contributed by atoms with Crippen LogP contribution in [0.1, 0.15) is 4.88 Å². The first-order valence-corrected chi connectivity index (χ1v) is 8.28. The lowest BCUT2D eigenvalue weighted by molar-refractivity contribution is -0.0583. The zero-order chi connectivity index (χ0) is 15.1. The third-order valence-corrected chi connectivity index (χ3v) is 4.25. The molecule has 0 aliphatic carbocycles. The fourth-order valence-corrected chi connectivity index (χ4v) is 3.15. The molecule has 21 heavy (non-hydrogen) atoms. The Balaban J connectivity index is 1.63. The number of ether oxygens (including phenoxy) is 2. The van der Waals surface area contributed by atoms with Crippen molar-refractivity contribution in [2.45, 2.75) is 18.8 Å². The standard InChI is InChI=1S/C15H26N2O3S/c1-16(2)9-14-10-17(5-6-20-14)8-13(18)11-19-12-15-4-3-7-21-15/h3-4,7,13-14,18H,5-6,8-12H2,1-2H3. The summed E-state index contributed by atoms with van der Waals surface area (Å²) >= 11 is 1.68. The molecule has 2 atom stereocenters. The number of hydrogen-bond donors (Lipinski definition) is 1. The Kier molecular flexibility index (Phi) is 7.09. The molecule has 1 saturated heterocycles. The number of aliphatic hydroxyl groups excluding tert-OH is 1. The van der Waals surface area contributed by atoms with Gasteiger partial charge in [-0.05, 0) is 25.5 Å². The third kappa shape index (κ3) is 6.42. The maximum Gasteiger partial charge on any atom is 0.0900 e. The quantitative estimate of drug-likeness (QED) is 0.772. The van der Waals surface area contributed by atoms with Crippen LogP contribution in [-0.4, -0.2) is 80.6 Å². The molecule has 1 aliphatic rings. The van der Waals surface area contributed by atoms with Gasteiger partial charge < -0.3 is 19.5 Å². The first kappa shape index (κ1) is 16.9. The van der Waals surface area contributed by atoms with E-state index in [0.717, 1.165) is 26.2 Å². The van der Waals surface area contributed by atoms with Crippen LogP contribution in [-0.2, 0) is 16.1 Å². The minimum absolute atomic E-state index is 0.230. The van der Waals surface area contributed by atoms with Crippen molar-refractivity contribution in [3.63, 3.8) is 0 Å². The fraction of sp³-hybridized carbons (Fsp3) is 0.733. The molecule has 1 aromatic heterocycles. The Morgan fingerprint density at radius 3 is 3.14 bits per heavy atom. The van der Waals surface area contributed by atoms with E-state index in [2.05, 4.69) is 23.9 Å². The molecule has 0 spiro atoms. The van der Waals surface area contributed by atoms with E-state index in [-0.39, 0.29) is 6.10 Å². The third-order valence-electron chi connectivity index (χ3n) is 3.40. The van der Waals surface area contributed by atoms with Crippen LogP contribution >= 0.6 is 11.3 Å². The van der Waals surface area contributed by atoms with Gasteiger partial charge >= 0.3 is 0 Å². The van der Waals surface area contributed by atoms with Crippen LogP contribution < -0.4 is 0 Å². The molecule has 120 valence electrons. The molecule has 0 amide bonds. The van der Waals surface area contributed by atoms with Gasteiger partial charge in [0.2, 0.25) is 0 Å². The van der Waals surface area contributed by atoms with E-state index >= 15 is 0 Å². The zero-order valence-electron chi connectivity index (χ0n) is 12.9. The largest absolute Gasteiger partial charge is 0.389 e. The highest BCUT2D eigenvalue weighted by atomic mass is 32.1. The lowest BCUT2D eigenvalue weighted by Crippen LogP contribution is -2.49. The van der Waals surface area contributed by atoms with Crippen LogP contribution in [0.15, 0.2) is 17.5 Å². The zero-order valence-corrected chi connectivity index (χ0v) is 13.7. The van der Waals surface area contributed by atoms with Crippen molar-refractivity contribution in [1.82, 2.24) is 9.80 Å². The van der Waals surface area contributed by atoms with Gasteiger partial charge in [0.25, 0.3) is 0 Å². The Labute approximate surface area is 131 Å². The topological polar surface area (TPSA) is 45.2 Å².